The molecule has 0 saturated heterocycles. The molecule has 0 saturated carbocycles. The highest BCUT2D eigenvalue weighted by Crippen LogP contribution is 1.72. The third-order valence-corrected chi connectivity index (χ3v) is 0.657. The lowest BCUT2D eigenvalue weighted by Gasteiger charge is -1.85. The highest BCUT2D eigenvalue weighted by atomic mass is 16.2. The summed E-state index contributed by atoms with van der Waals surface area (Å²) in [6.07, 6.45) is 2.81. The van der Waals surface area contributed by atoms with Gasteiger partial charge in [0, 0.05) is 12.7 Å². The van der Waals surface area contributed by atoms with Crippen LogP contribution >= 0.6 is 0 Å². The summed E-state index contributed by atoms with van der Waals surface area (Å²) < 4.78 is 0. The molecule has 0 unspecified atom stereocenters. The minimum Gasteiger partial charge on any atom is -0.449 e. The first-order valence-corrected chi connectivity index (χ1v) is 2.17. The predicted molar refractivity (Wildman–Crippen MR) is 34.7 cm³/mol. The second-order valence-corrected chi connectivity index (χ2v) is 1.14. The maximum absolute atomic E-state index is 8.29. The highest BCUT2D eigenvalue weighted by Gasteiger charge is 1.88. The number of nitrogens with two attached hydrogens (primary N) is 1. The van der Waals surface area contributed by atoms with Crippen LogP contribution in [-0.4, -0.2) is 25.2 Å². The molecular formula is C4H8BN2O. The van der Waals surface area contributed by atoms with E-state index in [1.54, 1.807) is 7.05 Å². The molecule has 0 fully saturated rings. The summed E-state index contributed by atoms with van der Waals surface area (Å²) in [5, 5.41) is 8.29. The first-order valence-electron chi connectivity index (χ1n) is 2.17. The molecule has 0 aliphatic carbocycles. The van der Waals surface area contributed by atoms with E-state index in [9.17, 15) is 0 Å². The second kappa shape index (κ2) is 4.40. The number of hydrogen-bond donors (Lipinski definition) is 2. The third kappa shape index (κ3) is 2.42. The number of allylic oxidation sites excluding steroid dienone is 1. The molecule has 0 aromatic heterocycles. The Morgan fingerprint density at radius 2 is 2.50 bits per heavy atom. The van der Waals surface area contributed by atoms with E-state index in [-0.39, 0.29) is 0 Å². The van der Waals surface area contributed by atoms with Crippen molar-refractivity contribution in [2.75, 3.05) is 7.05 Å². The number of rotatable bonds is 2. The van der Waals surface area contributed by atoms with Crippen molar-refractivity contribution in [2.24, 2.45) is 10.7 Å². The normalized spacial score (nSPS) is 12.5. The van der Waals surface area contributed by atoms with Crippen molar-refractivity contribution in [3.8, 4) is 0 Å². The van der Waals surface area contributed by atoms with E-state index in [2.05, 4.69) is 4.99 Å². The molecule has 0 amide bonds. The molecule has 0 aromatic rings. The number of hydrogen-bond acceptors (Lipinski definition) is 3. The maximum atomic E-state index is 8.29. The molecule has 0 bridgehead atoms. The minimum atomic E-state index is 0.465. The van der Waals surface area contributed by atoms with Crippen LogP contribution in [0.2, 0.25) is 0 Å². The first-order chi connectivity index (χ1) is 3.85. The Morgan fingerprint density at radius 3 is 2.62 bits per heavy atom. The summed E-state index contributed by atoms with van der Waals surface area (Å²) in [4.78, 5) is 3.64. The van der Waals surface area contributed by atoms with Crippen molar-refractivity contribution in [3.63, 3.8) is 0 Å². The average molecular weight is 111 g/mol. The summed E-state index contributed by atoms with van der Waals surface area (Å²) in [5.41, 5.74) is 5.45. The fourth-order valence-corrected chi connectivity index (χ4v) is 0.274. The molecule has 0 atom stereocenters. The van der Waals surface area contributed by atoms with Crippen molar-refractivity contribution in [1.82, 2.24) is 0 Å². The van der Waals surface area contributed by atoms with Crippen LogP contribution in [0.4, 0.5) is 0 Å². The monoisotopic (exact) mass is 111 g/mol. The van der Waals surface area contributed by atoms with Crippen LogP contribution in [0.1, 0.15) is 0 Å². The van der Waals surface area contributed by atoms with E-state index < -0.39 is 0 Å². The minimum absolute atomic E-state index is 0.465. The Balaban J connectivity index is 3.72. The van der Waals surface area contributed by atoms with Gasteiger partial charge in [0.25, 0.3) is 0 Å². The number of aliphatic imine (C=N–C) groups is 1. The van der Waals surface area contributed by atoms with Crippen LogP contribution in [0.5, 0.6) is 0 Å². The molecule has 0 spiro atoms. The van der Waals surface area contributed by atoms with Gasteiger partial charge in [0.15, 0.2) is 0 Å². The van der Waals surface area contributed by atoms with E-state index in [0.29, 0.717) is 5.61 Å². The van der Waals surface area contributed by atoms with Gasteiger partial charge in [-0.25, -0.2) is 0 Å². The van der Waals surface area contributed by atoms with E-state index in [1.165, 1.54) is 12.3 Å². The Bertz CT molecular complexity index is 108. The van der Waals surface area contributed by atoms with Gasteiger partial charge in [-0.2, -0.15) is 0 Å². The summed E-state index contributed by atoms with van der Waals surface area (Å²) in [5.74, 6) is 0. The lowest BCUT2D eigenvalue weighted by molar-refractivity contribution is 0.618. The zero-order valence-electron chi connectivity index (χ0n) is 4.70. The van der Waals surface area contributed by atoms with Gasteiger partial charge in [0.1, 0.15) is 0 Å². The SMILES string of the molecule is CN=C([B]O)/C=C\N. The topological polar surface area (TPSA) is 58.6 Å². The van der Waals surface area contributed by atoms with E-state index >= 15 is 0 Å². The molecule has 3 nitrogen and oxygen atoms in total. The van der Waals surface area contributed by atoms with Gasteiger partial charge in [0.05, 0.1) is 0 Å². The van der Waals surface area contributed by atoms with Gasteiger partial charge < -0.3 is 15.8 Å². The maximum Gasteiger partial charge on any atom is 0.347 e. The lowest BCUT2D eigenvalue weighted by Crippen LogP contribution is -2.04. The van der Waals surface area contributed by atoms with Crippen LogP contribution in [0, 0.1) is 0 Å². The van der Waals surface area contributed by atoms with Crippen molar-refractivity contribution in [1.29, 1.82) is 0 Å². The Morgan fingerprint density at radius 1 is 1.88 bits per heavy atom. The first kappa shape index (κ1) is 7.23. The van der Waals surface area contributed by atoms with Gasteiger partial charge in [0.2, 0.25) is 0 Å². The van der Waals surface area contributed by atoms with Gasteiger partial charge in [-0.05, 0) is 12.3 Å². The van der Waals surface area contributed by atoms with Gasteiger partial charge in [-0.15, -0.1) is 0 Å². The molecule has 0 aliphatic rings. The standard InChI is InChI=1S/C4H8BN2O/c1-7-4(5-8)2-3-6/h2-3,8H,6H2,1H3/b3-2-,7-4?. The highest BCUT2D eigenvalue weighted by molar-refractivity contribution is 6.72. The zero-order valence-corrected chi connectivity index (χ0v) is 4.70. The van der Waals surface area contributed by atoms with Gasteiger partial charge in [-0.3, -0.25) is 0 Å². The Labute approximate surface area is 49.2 Å². The average Bonchev–Trinajstić information content (AvgIpc) is 1.83. The van der Waals surface area contributed by atoms with E-state index in [1.807, 2.05) is 0 Å². The van der Waals surface area contributed by atoms with Crippen LogP contribution < -0.4 is 5.73 Å². The second-order valence-electron chi connectivity index (χ2n) is 1.14. The van der Waals surface area contributed by atoms with Crippen molar-refractivity contribution < 1.29 is 5.02 Å². The third-order valence-electron chi connectivity index (χ3n) is 0.657. The van der Waals surface area contributed by atoms with Gasteiger partial charge >= 0.3 is 7.48 Å². The molecule has 3 N–H and O–H groups in total. The predicted octanol–water partition coefficient (Wildman–Crippen LogP) is -0.901. The fraction of sp³-hybridized carbons (Fsp3) is 0.250. The van der Waals surface area contributed by atoms with Crippen molar-refractivity contribution in [2.45, 2.75) is 0 Å². The molecule has 43 valence electrons. The Kier molecular flexibility index (Phi) is 3.97. The summed E-state index contributed by atoms with van der Waals surface area (Å²) in [7, 11) is 2.46. The molecule has 0 heterocycles. The molecule has 0 aliphatic heterocycles. The lowest BCUT2D eigenvalue weighted by atomic mass is 9.93. The van der Waals surface area contributed by atoms with Crippen molar-refractivity contribution in [3.05, 3.63) is 12.3 Å². The quantitative estimate of drug-likeness (QED) is 0.358. The number of nitrogens with zero attached hydrogens (tertiary/aromatic N) is 1. The molecule has 1 radical (unpaired) electrons. The molecule has 4 heteroatoms. The fourth-order valence-electron chi connectivity index (χ4n) is 0.274. The van der Waals surface area contributed by atoms with E-state index in [4.69, 9.17) is 10.8 Å². The van der Waals surface area contributed by atoms with Crippen molar-refractivity contribution >= 4 is 13.1 Å². The van der Waals surface area contributed by atoms with Crippen LogP contribution in [0.15, 0.2) is 17.3 Å². The van der Waals surface area contributed by atoms with Crippen LogP contribution in [-0.2, 0) is 0 Å². The summed E-state index contributed by atoms with van der Waals surface area (Å²) >= 11 is 0. The molecular weight excluding hydrogens is 103 g/mol. The smallest absolute Gasteiger partial charge is 0.347 e. The van der Waals surface area contributed by atoms with Crippen LogP contribution in [0.3, 0.4) is 0 Å². The summed E-state index contributed by atoms with van der Waals surface area (Å²) in [6, 6.07) is 0. The van der Waals surface area contributed by atoms with Gasteiger partial charge in [-0.1, -0.05) is 0 Å². The largest absolute Gasteiger partial charge is 0.449 e. The zero-order chi connectivity index (χ0) is 6.41. The molecule has 8 heavy (non-hydrogen) atoms. The Hall–Kier alpha value is -0.765. The molecule has 0 aromatic carbocycles. The summed E-state index contributed by atoms with van der Waals surface area (Å²) in [6.45, 7) is 0. The molecule has 0 rings (SSSR count). The van der Waals surface area contributed by atoms with E-state index in [0.717, 1.165) is 7.48 Å². The van der Waals surface area contributed by atoms with Crippen LogP contribution in [0.25, 0.3) is 0 Å².